The number of carbonyl (C=O) groups is 2. The first-order chi connectivity index (χ1) is 17.6. The molecule has 0 heterocycles. The van der Waals surface area contributed by atoms with Crippen molar-refractivity contribution in [3.63, 3.8) is 0 Å². The van der Waals surface area contributed by atoms with Gasteiger partial charge in [0.1, 0.15) is 0 Å². The average molecular weight is 469 g/mol. The van der Waals surface area contributed by atoms with Crippen molar-refractivity contribution in [2.45, 2.75) is 0 Å². The average Bonchev–Trinajstić information content (AvgIpc) is 2.91. The first-order valence-corrected chi connectivity index (χ1v) is 11.6. The van der Waals surface area contributed by atoms with Gasteiger partial charge in [-0.3, -0.25) is 0 Å². The van der Waals surface area contributed by atoms with Gasteiger partial charge < -0.3 is 10.2 Å². The maximum atomic E-state index is 12.9. The molecule has 0 amide bonds. The molecule has 0 aromatic heterocycles. The Morgan fingerprint density at radius 3 is 1.36 bits per heavy atom. The van der Waals surface area contributed by atoms with Crippen LogP contribution in [-0.4, -0.2) is 22.2 Å². The molecule has 0 radical (unpaired) electrons. The maximum absolute atomic E-state index is 12.9. The molecule has 0 bridgehead atoms. The van der Waals surface area contributed by atoms with E-state index in [0.29, 0.717) is 27.5 Å². The molecule has 4 nitrogen and oxygen atoms in total. The molecule has 2 N–H and O–H groups in total. The van der Waals surface area contributed by atoms with Gasteiger partial charge in [0.15, 0.2) is 0 Å². The summed E-state index contributed by atoms with van der Waals surface area (Å²) in [4.78, 5) is 25.5. The van der Waals surface area contributed by atoms with Gasteiger partial charge in [-0.25, -0.2) is 9.59 Å². The number of aromatic carboxylic acids is 2. The molecule has 6 aromatic carbocycles. The molecule has 0 aliphatic carbocycles. The summed E-state index contributed by atoms with van der Waals surface area (Å²) in [6, 6.07) is 34.5. The lowest BCUT2D eigenvalue weighted by atomic mass is 9.80. The van der Waals surface area contributed by atoms with Crippen LogP contribution in [0.1, 0.15) is 20.7 Å². The summed E-state index contributed by atoms with van der Waals surface area (Å²) in [6.07, 6.45) is 0. The van der Waals surface area contributed by atoms with Crippen molar-refractivity contribution >= 4 is 44.3 Å². The summed E-state index contributed by atoms with van der Waals surface area (Å²) in [6.45, 7) is 0. The summed E-state index contributed by atoms with van der Waals surface area (Å²) in [7, 11) is 0. The number of carboxylic acid groups (broad SMARTS) is 2. The number of benzene rings is 6. The molecule has 0 spiro atoms. The monoisotopic (exact) mass is 468 g/mol. The van der Waals surface area contributed by atoms with Crippen LogP contribution in [0.25, 0.3) is 54.6 Å². The maximum Gasteiger partial charge on any atom is 0.337 e. The van der Waals surface area contributed by atoms with Crippen molar-refractivity contribution in [3.8, 4) is 22.3 Å². The number of hydrogen-bond acceptors (Lipinski definition) is 2. The standard InChI is InChI=1S/C32H20O4/c33-31(34)29-26-16-6-5-15-25(26)27(23-17-7-11-19-9-1-3-13-21(19)23)28(30(29)32(35)36)24-18-8-12-20-10-2-4-14-22(20)24/h1-18H,(H,33,34)(H,35,36). The van der Waals surface area contributed by atoms with Crippen molar-refractivity contribution in [1.29, 1.82) is 0 Å². The van der Waals surface area contributed by atoms with E-state index in [2.05, 4.69) is 0 Å². The van der Waals surface area contributed by atoms with Crippen LogP contribution in [0, 0.1) is 0 Å². The molecule has 172 valence electrons. The van der Waals surface area contributed by atoms with Crippen molar-refractivity contribution in [2.75, 3.05) is 0 Å². The highest BCUT2D eigenvalue weighted by Gasteiger charge is 2.29. The van der Waals surface area contributed by atoms with E-state index in [4.69, 9.17) is 0 Å². The predicted octanol–water partition coefficient (Wildman–Crippen LogP) is 7.88. The lowest BCUT2D eigenvalue weighted by Gasteiger charge is -2.21. The molecule has 0 aliphatic rings. The molecule has 0 unspecified atom stereocenters. The van der Waals surface area contributed by atoms with Crippen LogP contribution in [0.2, 0.25) is 0 Å². The first-order valence-electron chi connectivity index (χ1n) is 11.6. The van der Waals surface area contributed by atoms with E-state index in [9.17, 15) is 19.8 Å². The molecule has 0 saturated heterocycles. The Hall–Kier alpha value is -4.96. The van der Waals surface area contributed by atoms with E-state index in [1.54, 1.807) is 12.1 Å². The SMILES string of the molecule is O=C(O)c1c(-c2cccc3ccccc23)c(-c2cccc3ccccc23)c2ccccc2c1C(=O)O. The molecule has 0 aliphatic heterocycles. The van der Waals surface area contributed by atoms with Crippen LogP contribution in [0.5, 0.6) is 0 Å². The molecule has 6 rings (SSSR count). The highest BCUT2D eigenvalue weighted by molar-refractivity contribution is 6.24. The quantitative estimate of drug-likeness (QED) is 0.276. The van der Waals surface area contributed by atoms with Gasteiger partial charge in [0, 0.05) is 5.56 Å². The van der Waals surface area contributed by atoms with Crippen molar-refractivity contribution in [2.24, 2.45) is 0 Å². The van der Waals surface area contributed by atoms with E-state index in [0.717, 1.165) is 27.1 Å². The largest absolute Gasteiger partial charge is 0.478 e. The fourth-order valence-electron chi connectivity index (χ4n) is 5.31. The zero-order valence-corrected chi connectivity index (χ0v) is 19.1. The summed E-state index contributed by atoms with van der Waals surface area (Å²) in [5, 5.41) is 25.6. The van der Waals surface area contributed by atoms with E-state index in [1.807, 2.05) is 97.1 Å². The van der Waals surface area contributed by atoms with Gasteiger partial charge in [0.25, 0.3) is 0 Å². The number of carboxylic acids is 2. The normalized spacial score (nSPS) is 11.2. The van der Waals surface area contributed by atoms with Crippen molar-refractivity contribution in [1.82, 2.24) is 0 Å². The molecule has 0 fully saturated rings. The Bertz CT molecular complexity index is 1840. The fourth-order valence-corrected chi connectivity index (χ4v) is 5.31. The zero-order valence-electron chi connectivity index (χ0n) is 19.1. The molecule has 36 heavy (non-hydrogen) atoms. The molecule has 0 saturated carbocycles. The second-order valence-corrected chi connectivity index (χ2v) is 8.71. The second-order valence-electron chi connectivity index (χ2n) is 8.71. The molecule has 0 atom stereocenters. The number of fused-ring (bicyclic) bond motifs is 3. The topological polar surface area (TPSA) is 74.6 Å². The van der Waals surface area contributed by atoms with Crippen LogP contribution < -0.4 is 0 Å². The highest BCUT2D eigenvalue weighted by atomic mass is 16.4. The van der Waals surface area contributed by atoms with E-state index in [1.165, 1.54) is 0 Å². The van der Waals surface area contributed by atoms with E-state index >= 15 is 0 Å². The minimum atomic E-state index is -1.28. The summed E-state index contributed by atoms with van der Waals surface area (Å²) >= 11 is 0. The Kier molecular flexibility index (Phi) is 5.01. The third-order valence-electron chi connectivity index (χ3n) is 6.76. The van der Waals surface area contributed by atoms with Crippen LogP contribution in [0.4, 0.5) is 0 Å². The number of rotatable bonds is 4. The van der Waals surface area contributed by atoms with Gasteiger partial charge >= 0.3 is 11.9 Å². The summed E-state index contributed by atoms with van der Waals surface area (Å²) in [5.41, 5.74) is 2.24. The van der Waals surface area contributed by atoms with Gasteiger partial charge in [0.2, 0.25) is 0 Å². The smallest absolute Gasteiger partial charge is 0.337 e. The van der Waals surface area contributed by atoms with Crippen LogP contribution in [-0.2, 0) is 0 Å². The van der Waals surface area contributed by atoms with E-state index < -0.39 is 11.9 Å². The predicted molar refractivity (Wildman–Crippen MR) is 144 cm³/mol. The Morgan fingerprint density at radius 1 is 0.417 bits per heavy atom. The lowest BCUT2D eigenvalue weighted by molar-refractivity contribution is 0.0654. The van der Waals surface area contributed by atoms with Crippen LogP contribution >= 0.6 is 0 Å². The van der Waals surface area contributed by atoms with Crippen LogP contribution in [0.15, 0.2) is 109 Å². The third-order valence-corrected chi connectivity index (χ3v) is 6.76. The van der Waals surface area contributed by atoms with Gasteiger partial charge in [-0.1, -0.05) is 109 Å². The number of hydrogen-bond donors (Lipinski definition) is 2. The zero-order chi connectivity index (χ0) is 24.8. The van der Waals surface area contributed by atoms with Gasteiger partial charge in [-0.15, -0.1) is 0 Å². The molecular weight excluding hydrogens is 448 g/mol. The van der Waals surface area contributed by atoms with Gasteiger partial charge in [0.05, 0.1) is 11.1 Å². The van der Waals surface area contributed by atoms with E-state index in [-0.39, 0.29) is 11.1 Å². The Balaban J connectivity index is 1.94. The lowest BCUT2D eigenvalue weighted by Crippen LogP contribution is -2.12. The summed E-state index contributed by atoms with van der Waals surface area (Å²) < 4.78 is 0. The third kappa shape index (κ3) is 3.23. The second kappa shape index (κ2) is 8.36. The Morgan fingerprint density at radius 2 is 0.833 bits per heavy atom. The Labute approximate surface area is 206 Å². The first kappa shape index (κ1) is 21.6. The van der Waals surface area contributed by atoms with Gasteiger partial charge in [-0.05, 0) is 49.0 Å². The van der Waals surface area contributed by atoms with Crippen LogP contribution in [0.3, 0.4) is 0 Å². The summed E-state index contributed by atoms with van der Waals surface area (Å²) in [5.74, 6) is -2.54. The highest BCUT2D eigenvalue weighted by Crippen LogP contribution is 2.46. The van der Waals surface area contributed by atoms with Gasteiger partial charge in [-0.2, -0.15) is 0 Å². The minimum absolute atomic E-state index is 0.204. The minimum Gasteiger partial charge on any atom is -0.478 e. The molecular formula is C32H20O4. The molecule has 6 aromatic rings. The van der Waals surface area contributed by atoms with Crippen molar-refractivity contribution < 1.29 is 19.8 Å². The molecule has 4 heteroatoms. The van der Waals surface area contributed by atoms with Crippen molar-refractivity contribution in [3.05, 3.63) is 120 Å². The fraction of sp³-hybridized carbons (Fsp3) is 0.